The van der Waals surface area contributed by atoms with E-state index in [0.29, 0.717) is 0 Å². The van der Waals surface area contributed by atoms with Crippen molar-refractivity contribution in [3.63, 3.8) is 0 Å². The molecule has 128 valence electrons. The van der Waals surface area contributed by atoms with Crippen molar-refractivity contribution in [1.29, 1.82) is 0 Å². The Kier molecular flexibility index (Phi) is 5.62. The maximum absolute atomic E-state index is 12.7. The van der Waals surface area contributed by atoms with Gasteiger partial charge in [-0.05, 0) is 33.6 Å². The lowest BCUT2D eigenvalue weighted by Crippen LogP contribution is -2.70. The van der Waals surface area contributed by atoms with Gasteiger partial charge in [-0.25, -0.2) is 4.79 Å². The Labute approximate surface area is 132 Å². The number of likely N-dealkylation sites (N-methyl/N-ethyl adjacent to an activating group) is 1. The van der Waals surface area contributed by atoms with Crippen LogP contribution in [-0.4, -0.2) is 47.1 Å². The summed E-state index contributed by atoms with van der Waals surface area (Å²) < 4.78 is 4.71. The summed E-state index contributed by atoms with van der Waals surface area (Å²) in [7, 11) is 2.84. The predicted octanol–water partition coefficient (Wildman–Crippen LogP) is 3.35. The number of aliphatic carboxylic acids is 1. The van der Waals surface area contributed by atoms with E-state index < -0.39 is 27.8 Å². The largest absolute Gasteiger partial charge is 0.550 e. The van der Waals surface area contributed by atoms with Crippen LogP contribution in [0, 0.1) is 5.92 Å². The number of ether oxygens (including phenoxy) is 1. The smallest absolute Gasteiger partial charge is 0.477 e. The molecule has 0 aliphatic heterocycles. The van der Waals surface area contributed by atoms with Crippen LogP contribution in [0.1, 0.15) is 59.8 Å². The molecule has 0 saturated heterocycles. The molecule has 1 rings (SSSR count). The van der Waals surface area contributed by atoms with Gasteiger partial charge < -0.3 is 9.84 Å². The highest BCUT2D eigenvalue weighted by Gasteiger charge is 2.63. The lowest BCUT2D eigenvalue weighted by molar-refractivity contribution is -1.06. The molecule has 0 spiro atoms. The molecule has 6 heteroatoms. The Hall–Kier alpha value is -1.14. The average molecular weight is 316 g/mol. The molecule has 6 nitrogen and oxygen atoms in total. The van der Waals surface area contributed by atoms with Gasteiger partial charge in [0.25, 0.3) is 0 Å². The van der Waals surface area contributed by atoms with E-state index in [9.17, 15) is 14.7 Å². The Morgan fingerprint density at radius 1 is 1.09 bits per heavy atom. The maximum atomic E-state index is 12.7. The summed E-state index contributed by atoms with van der Waals surface area (Å²) in [5.41, 5.74) is -2.08. The van der Waals surface area contributed by atoms with E-state index in [2.05, 4.69) is 0 Å². The number of hydrogen-bond donors (Lipinski definition) is 1. The van der Waals surface area contributed by atoms with Gasteiger partial charge in [0.2, 0.25) is 5.54 Å². The van der Waals surface area contributed by atoms with E-state index in [4.69, 9.17) is 9.57 Å². The second-order valence-electron chi connectivity index (χ2n) is 7.37. The molecule has 1 aliphatic carbocycles. The minimum atomic E-state index is -1.38. The lowest BCUT2D eigenvalue weighted by Gasteiger charge is -2.45. The fourth-order valence-electron chi connectivity index (χ4n) is 3.17. The standard InChI is InChI=1S/C16H29NO5/c1-15(2,3)22-14(20)17(5,21-6)16(4,13(18)19)12-10-8-7-9-11-12/h12H,7-11H2,1-6H3/p+1/t16-,17?/m1/s1. The van der Waals surface area contributed by atoms with Crippen molar-refractivity contribution in [3.05, 3.63) is 0 Å². The molecule has 0 aromatic carbocycles. The van der Waals surface area contributed by atoms with Gasteiger partial charge in [-0.2, -0.15) is 9.63 Å². The minimum Gasteiger partial charge on any atom is -0.477 e. The van der Waals surface area contributed by atoms with E-state index >= 15 is 0 Å². The van der Waals surface area contributed by atoms with Gasteiger partial charge in [-0.15, -0.1) is 0 Å². The van der Waals surface area contributed by atoms with Crippen molar-refractivity contribution in [2.75, 3.05) is 14.2 Å². The Bertz CT molecular complexity index is 425. The monoisotopic (exact) mass is 316 g/mol. The Balaban J connectivity index is 3.23. The first kappa shape index (κ1) is 18.9. The molecular weight excluding hydrogens is 286 g/mol. The third-order valence-electron chi connectivity index (χ3n) is 4.83. The number of hydroxylamine groups is 3. The first-order chi connectivity index (χ1) is 9.99. The Morgan fingerprint density at radius 2 is 1.59 bits per heavy atom. The number of quaternary nitrogens is 1. The van der Waals surface area contributed by atoms with Crippen LogP contribution in [0.2, 0.25) is 0 Å². The van der Waals surface area contributed by atoms with Crippen LogP contribution in [0.5, 0.6) is 0 Å². The molecule has 1 fully saturated rings. The summed E-state index contributed by atoms with van der Waals surface area (Å²) in [5.74, 6) is -1.16. The second-order valence-corrected chi connectivity index (χ2v) is 7.37. The quantitative estimate of drug-likeness (QED) is 0.636. The summed E-state index contributed by atoms with van der Waals surface area (Å²) in [6.45, 7) is 6.86. The zero-order valence-electron chi connectivity index (χ0n) is 14.6. The molecule has 0 bridgehead atoms. The number of hydrogen-bond acceptors (Lipinski definition) is 4. The fourth-order valence-corrected chi connectivity index (χ4v) is 3.17. The third-order valence-corrected chi connectivity index (χ3v) is 4.83. The predicted molar refractivity (Wildman–Crippen MR) is 82.0 cm³/mol. The number of nitrogens with zero attached hydrogens (tertiary/aromatic N) is 1. The molecule has 1 aliphatic rings. The molecule has 1 N–H and O–H groups in total. The summed E-state index contributed by atoms with van der Waals surface area (Å²) in [6.07, 6.45) is 3.95. The molecule has 1 saturated carbocycles. The van der Waals surface area contributed by atoms with Crippen molar-refractivity contribution in [1.82, 2.24) is 0 Å². The summed E-state index contributed by atoms with van der Waals surface area (Å²) in [5, 5.41) is 9.90. The van der Waals surface area contributed by atoms with Crippen molar-refractivity contribution in [2.24, 2.45) is 5.92 Å². The van der Waals surface area contributed by atoms with Crippen molar-refractivity contribution < 1.29 is 28.9 Å². The van der Waals surface area contributed by atoms with Crippen LogP contribution in [0.25, 0.3) is 0 Å². The zero-order valence-corrected chi connectivity index (χ0v) is 14.6. The molecule has 1 amide bonds. The summed E-state index contributed by atoms with van der Waals surface area (Å²) >= 11 is 0. The topological polar surface area (TPSA) is 72.8 Å². The summed E-state index contributed by atoms with van der Waals surface area (Å²) in [4.78, 5) is 30.2. The molecule has 0 aromatic rings. The highest BCUT2D eigenvalue weighted by Crippen LogP contribution is 2.41. The molecule has 22 heavy (non-hydrogen) atoms. The first-order valence-electron chi connectivity index (χ1n) is 7.88. The molecule has 2 atom stereocenters. The van der Waals surface area contributed by atoms with Gasteiger partial charge in [0.1, 0.15) is 12.6 Å². The van der Waals surface area contributed by atoms with Crippen LogP contribution in [0.3, 0.4) is 0 Å². The minimum absolute atomic E-state index is 0.129. The SMILES string of the molecule is CO[N+](C)(C(=O)OC(C)(C)C)[C@@](C)(C(=O)O)C1CCCCC1. The molecule has 0 radical (unpaired) electrons. The molecule has 1 unspecified atom stereocenters. The van der Waals surface area contributed by atoms with Crippen molar-refractivity contribution in [2.45, 2.75) is 70.9 Å². The Morgan fingerprint density at radius 3 is 1.95 bits per heavy atom. The van der Waals surface area contributed by atoms with Crippen LogP contribution >= 0.6 is 0 Å². The molecular formula is C16H30NO5+. The van der Waals surface area contributed by atoms with Gasteiger partial charge in [-0.1, -0.05) is 23.9 Å². The van der Waals surface area contributed by atoms with Crippen LogP contribution in [-0.2, 0) is 14.4 Å². The third kappa shape index (κ3) is 3.43. The van der Waals surface area contributed by atoms with Gasteiger partial charge in [0.05, 0.1) is 7.11 Å². The van der Waals surface area contributed by atoms with E-state index in [0.717, 1.165) is 32.1 Å². The van der Waals surface area contributed by atoms with Gasteiger partial charge in [0, 0.05) is 12.8 Å². The van der Waals surface area contributed by atoms with Crippen LogP contribution < -0.4 is 0 Å². The van der Waals surface area contributed by atoms with E-state index in [-0.39, 0.29) is 5.92 Å². The second kappa shape index (κ2) is 6.54. The molecule has 0 heterocycles. The fraction of sp³-hybridized carbons (Fsp3) is 0.875. The van der Waals surface area contributed by atoms with E-state index in [1.165, 1.54) is 14.2 Å². The van der Waals surface area contributed by atoms with Crippen LogP contribution in [0.4, 0.5) is 4.79 Å². The maximum Gasteiger partial charge on any atom is 0.550 e. The highest BCUT2D eigenvalue weighted by atomic mass is 16.8. The number of rotatable bonds is 4. The number of carbonyl (C=O) groups is 2. The number of carboxylic acids is 1. The highest BCUT2D eigenvalue weighted by molar-refractivity contribution is 5.79. The zero-order chi connectivity index (χ0) is 17.2. The van der Waals surface area contributed by atoms with Gasteiger partial charge in [-0.3, -0.25) is 0 Å². The lowest BCUT2D eigenvalue weighted by atomic mass is 9.74. The van der Waals surface area contributed by atoms with Crippen molar-refractivity contribution in [3.8, 4) is 0 Å². The van der Waals surface area contributed by atoms with Gasteiger partial charge in [0.15, 0.2) is 0 Å². The van der Waals surface area contributed by atoms with Crippen LogP contribution in [0.15, 0.2) is 0 Å². The molecule has 0 aromatic heterocycles. The average Bonchev–Trinajstić information content (AvgIpc) is 2.44. The van der Waals surface area contributed by atoms with E-state index in [1.54, 1.807) is 27.7 Å². The van der Waals surface area contributed by atoms with Crippen molar-refractivity contribution >= 4 is 12.1 Å². The van der Waals surface area contributed by atoms with Gasteiger partial charge >= 0.3 is 12.1 Å². The number of amides is 1. The first-order valence-corrected chi connectivity index (χ1v) is 7.88. The number of carboxylic acid groups (broad SMARTS) is 1. The van der Waals surface area contributed by atoms with E-state index in [1.807, 2.05) is 0 Å². The normalized spacial score (nSPS) is 22.5. The summed E-state index contributed by atoms with van der Waals surface area (Å²) in [6, 6.07) is 0. The number of carbonyl (C=O) groups excluding carboxylic acids is 1.